The van der Waals surface area contributed by atoms with E-state index < -0.39 is 10.3 Å². The van der Waals surface area contributed by atoms with Crippen molar-refractivity contribution in [3.8, 4) is 6.07 Å². The first-order valence-electron chi connectivity index (χ1n) is 4.95. The van der Waals surface area contributed by atoms with Gasteiger partial charge in [-0.3, -0.25) is 10.1 Å². The normalized spacial score (nSPS) is 17.2. The number of hydrogen-bond acceptors (Lipinski definition) is 3. The molecule has 1 aromatic rings. The first-order chi connectivity index (χ1) is 7.60. The van der Waals surface area contributed by atoms with Gasteiger partial charge in [-0.2, -0.15) is 5.26 Å². The lowest BCUT2D eigenvalue weighted by Crippen LogP contribution is -2.32. The Bertz CT molecular complexity index is 489. The minimum Gasteiger partial charge on any atom is -0.258 e. The minimum atomic E-state index is -0.523. The van der Waals surface area contributed by atoms with Gasteiger partial charge in [-0.15, -0.1) is 0 Å². The molecule has 0 bridgehead atoms. The number of benzene rings is 1. The van der Waals surface area contributed by atoms with E-state index in [1.807, 2.05) is 0 Å². The fourth-order valence-electron chi connectivity index (χ4n) is 2.00. The Balaban J connectivity index is 2.55. The van der Waals surface area contributed by atoms with Crippen molar-refractivity contribution in [3.63, 3.8) is 0 Å². The van der Waals surface area contributed by atoms with Gasteiger partial charge in [0.05, 0.1) is 20.9 Å². The van der Waals surface area contributed by atoms with Crippen molar-refractivity contribution in [2.75, 3.05) is 0 Å². The van der Waals surface area contributed by atoms with Crippen molar-refractivity contribution in [1.29, 1.82) is 5.26 Å². The van der Waals surface area contributed by atoms with Gasteiger partial charge in [-0.25, -0.2) is 0 Å². The SMILES string of the molecule is N#CC1(c2cccc([N+](=O)[O-])c2Br)CCC1. The Labute approximate surface area is 101 Å². The number of nitro groups is 1. The Morgan fingerprint density at radius 3 is 2.62 bits per heavy atom. The van der Waals surface area contributed by atoms with Crippen LogP contribution in [0.1, 0.15) is 24.8 Å². The molecule has 1 aliphatic carbocycles. The molecule has 0 aromatic heterocycles. The summed E-state index contributed by atoms with van der Waals surface area (Å²) in [6, 6.07) is 7.15. The zero-order valence-electron chi connectivity index (χ0n) is 8.44. The van der Waals surface area contributed by atoms with Gasteiger partial charge in [0, 0.05) is 6.07 Å². The predicted octanol–water partition coefficient (Wildman–Crippen LogP) is 3.30. The number of nitriles is 1. The van der Waals surface area contributed by atoms with Crippen LogP contribution in [0.25, 0.3) is 0 Å². The van der Waals surface area contributed by atoms with E-state index in [2.05, 4.69) is 22.0 Å². The van der Waals surface area contributed by atoms with E-state index in [-0.39, 0.29) is 5.69 Å². The maximum absolute atomic E-state index is 10.8. The quantitative estimate of drug-likeness (QED) is 0.617. The average molecular weight is 281 g/mol. The molecule has 0 N–H and O–H groups in total. The van der Waals surface area contributed by atoms with E-state index in [9.17, 15) is 15.4 Å². The van der Waals surface area contributed by atoms with Crippen LogP contribution < -0.4 is 0 Å². The lowest BCUT2D eigenvalue weighted by molar-refractivity contribution is -0.385. The van der Waals surface area contributed by atoms with Gasteiger partial charge in [-0.1, -0.05) is 12.1 Å². The van der Waals surface area contributed by atoms with Gasteiger partial charge < -0.3 is 0 Å². The Morgan fingerprint density at radius 2 is 2.19 bits per heavy atom. The molecule has 2 rings (SSSR count). The molecule has 1 aromatic carbocycles. The molecule has 1 aliphatic rings. The molecule has 0 saturated heterocycles. The van der Waals surface area contributed by atoms with Gasteiger partial charge in [0.1, 0.15) is 0 Å². The first kappa shape index (κ1) is 11.1. The number of halogens is 1. The fourth-order valence-corrected chi connectivity index (χ4v) is 2.79. The van der Waals surface area contributed by atoms with Crippen molar-refractivity contribution >= 4 is 21.6 Å². The van der Waals surface area contributed by atoms with Crippen LogP contribution in [0, 0.1) is 21.4 Å². The molecule has 0 radical (unpaired) electrons. The van der Waals surface area contributed by atoms with Gasteiger partial charge in [0.15, 0.2) is 0 Å². The van der Waals surface area contributed by atoms with Crippen LogP contribution in [-0.2, 0) is 5.41 Å². The fraction of sp³-hybridized carbons (Fsp3) is 0.364. The first-order valence-corrected chi connectivity index (χ1v) is 5.75. The number of hydrogen-bond donors (Lipinski definition) is 0. The third-order valence-corrected chi connectivity index (χ3v) is 3.95. The summed E-state index contributed by atoms with van der Waals surface area (Å²) in [4.78, 5) is 10.4. The monoisotopic (exact) mass is 280 g/mol. The van der Waals surface area contributed by atoms with E-state index >= 15 is 0 Å². The van der Waals surface area contributed by atoms with E-state index in [4.69, 9.17) is 0 Å². The highest BCUT2D eigenvalue weighted by molar-refractivity contribution is 9.10. The van der Waals surface area contributed by atoms with Crippen molar-refractivity contribution < 1.29 is 4.92 Å². The van der Waals surface area contributed by atoms with Gasteiger partial charge in [0.2, 0.25) is 0 Å². The van der Waals surface area contributed by atoms with Crippen LogP contribution in [0.15, 0.2) is 22.7 Å². The van der Waals surface area contributed by atoms with Crippen molar-refractivity contribution in [2.24, 2.45) is 0 Å². The van der Waals surface area contributed by atoms with Crippen LogP contribution in [0.5, 0.6) is 0 Å². The van der Waals surface area contributed by atoms with Crippen molar-refractivity contribution in [1.82, 2.24) is 0 Å². The van der Waals surface area contributed by atoms with E-state index in [0.717, 1.165) is 24.8 Å². The van der Waals surface area contributed by atoms with E-state index in [0.29, 0.717) is 4.47 Å². The average Bonchev–Trinajstić information content (AvgIpc) is 2.19. The van der Waals surface area contributed by atoms with Gasteiger partial charge >= 0.3 is 0 Å². The highest BCUT2D eigenvalue weighted by atomic mass is 79.9. The Hall–Kier alpha value is -1.41. The molecule has 16 heavy (non-hydrogen) atoms. The standard InChI is InChI=1S/C11H9BrN2O2/c12-10-8(11(7-13)5-2-6-11)3-1-4-9(10)14(15)16/h1,3-4H,2,5-6H2. The third-order valence-electron chi connectivity index (χ3n) is 3.11. The van der Waals surface area contributed by atoms with E-state index in [1.54, 1.807) is 12.1 Å². The molecule has 0 aliphatic heterocycles. The number of rotatable bonds is 2. The smallest absolute Gasteiger partial charge is 0.258 e. The third kappa shape index (κ3) is 1.50. The molecule has 0 spiro atoms. The molecule has 0 atom stereocenters. The Kier molecular flexibility index (Phi) is 2.68. The molecule has 1 saturated carbocycles. The maximum atomic E-state index is 10.8. The molecular formula is C11H9BrN2O2. The highest BCUT2D eigenvalue weighted by Crippen LogP contribution is 2.47. The lowest BCUT2D eigenvalue weighted by atomic mass is 9.65. The minimum absolute atomic E-state index is 0.0269. The van der Waals surface area contributed by atoms with Gasteiger partial charge in [-0.05, 0) is 40.8 Å². The second-order valence-corrected chi connectivity index (χ2v) is 4.74. The van der Waals surface area contributed by atoms with Crippen LogP contribution in [-0.4, -0.2) is 4.92 Å². The van der Waals surface area contributed by atoms with Crippen LogP contribution in [0.2, 0.25) is 0 Å². The molecule has 1 fully saturated rings. The molecular weight excluding hydrogens is 272 g/mol. The summed E-state index contributed by atoms with van der Waals surface area (Å²) in [6.07, 6.45) is 2.56. The summed E-state index contributed by atoms with van der Waals surface area (Å²) in [5.74, 6) is 0. The summed E-state index contributed by atoms with van der Waals surface area (Å²) in [6.45, 7) is 0. The zero-order chi connectivity index (χ0) is 11.8. The van der Waals surface area contributed by atoms with Crippen LogP contribution in [0.4, 0.5) is 5.69 Å². The summed E-state index contributed by atoms with van der Waals surface area (Å²) < 4.78 is 0.446. The number of nitro benzene ring substituents is 1. The summed E-state index contributed by atoms with van der Waals surface area (Å²) in [5, 5.41) is 20.0. The summed E-state index contributed by atoms with van der Waals surface area (Å²) >= 11 is 3.24. The molecule has 0 heterocycles. The van der Waals surface area contributed by atoms with Crippen molar-refractivity contribution in [2.45, 2.75) is 24.7 Å². The predicted molar refractivity (Wildman–Crippen MR) is 61.9 cm³/mol. The van der Waals surface area contributed by atoms with E-state index in [1.165, 1.54) is 6.07 Å². The second-order valence-electron chi connectivity index (χ2n) is 3.94. The largest absolute Gasteiger partial charge is 0.283 e. The van der Waals surface area contributed by atoms with Crippen LogP contribution >= 0.6 is 15.9 Å². The maximum Gasteiger partial charge on any atom is 0.283 e. The highest BCUT2D eigenvalue weighted by Gasteiger charge is 2.41. The molecule has 0 unspecified atom stereocenters. The van der Waals surface area contributed by atoms with Crippen molar-refractivity contribution in [3.05, 3.63) is 38.3 Å². The molecule has 82 valence electrons. The second kappa shape index (κ2) is 3.87. The van der Waals surface area contributed by atoms with Crippen LogP contribution in [0.3, 0.4) is 0 Å². The number of nitrogens with zero attached hydrogens (tertiary/aromatic N) is 2. The molecule has 0 amide bonds. The summed E-state index contributed by atoms with van der Waals surface area (Å²) in [7, 11) is 0. The molecule has 4 nitrogen and oxygen atoms in total. The zero-order valence-corrected chi connectivity index (χ0v) is 10.0. The lowest BCUT2D eigenvalue weighted by Gasteiger charge is -2.36. The Morgan fingerprint density at radius 1 is 1.50 bits per heavy atom. The molecule has 5 heteroatoms. The topological polar surface area (TPSA) is 66.9 Å². The van der Waals surface area contributed by atoms with Gasteiger partial charge in [0.25, 0.3) is 5.69 Å². The summed E-state index contributed by atoms with van der Waals surface area (Å²) in [5.41, 5.74) is 0.250.